The molecule has 0 amide bonds. The second-order valence-electron chi connectivity index (χ2n) is 6.41. The van der Waals surface area contributed by atoms with Gasteiger partial charge in [-0.15, -0.1) is 24.0 Å². The minimum atomic E-state index is -0.230. The third-order valence-corrected chi connectivity index (χ3v) is 4.57. The van der Waals surface area contributed by atoms with Gasteiger partial charge < -0.3 is 20.4 Å². The molecule has 1 aromatic heterocycles. The Morgan fingerprint density at radius 3 is 2.75 bits per heavy atom. The molecule has 3 rings (SSSR count). The molecule has 1 heterocycles. The van der Waals surface area contributed by atoms with Crippen LogP contribution in [0.3, 0.4) is 0 Å². The number of aromatic amines is 1. The number of hydrogen-bond donors (Lipinski definition) is 3. The summed E-state index contributed by atoms with van der Waals surface area (Å²) in [4.78, 5) is 7.38. The van der Waals surface area contributed by atoms with Crippen molar-refractivity contribution in [3.8, 4) is 5.75 Å². The van der Waals surface area contributed by atoms with Crippen molar-refractivity contribution in [2.45, 2.75) is 19.9 Å². The fourth-order valence-electron chi connectivity index (χ4n) is 3.06. The standard InChI is InChI=1S/C21H25FN4O.HI/c1-14-4-5-15(10-20(14)27-3)12-26-21(23-2)24-9-8-16-13-25-19-11-17(22)6-7-18(16)19;/h4-7,10-11,13,25H,8-9,12H2,1-3H3,(H2,23,24,26);1H. The molecule has 3 N–H and O–H groups in total. The van der Waals surface area contributed by atoms with Crippen LogP contribution in [0.25, 0.3) is 10.9 Å². The van der Waals surface area contributed by atoms with Gasteiger partial charge in [0, 0.05) is 37.2 Å². The van der Waals surface area contributed by atoms with Crippen LogP contribution in [0, 0.1) is 12.7 Å². The lowest BCUT2D eigenvalue weighted by atomic mass is 10.1. The van der Waals surface area contributed by atoms with E-state index in [1.165, 1.54) is 12.1 Å². The summed E-state index contributed by atoms with van der Waals surface area (Å²) >= 11 is 0. The van der Waals surface area contributed by atoms with Crippen LogP contribution < -0.4 is 15.4 Å². The van der Waals surface area contributed by atoms with E-state index in [1.54, 1.807) is 14.2 Å². The van der Waals surface area contributed by atoms with E-state index in [4.69, 9.17) is 4.74 Å². The number of aromatic nitrogens is 1. The summed E-state index contributed by atoms with van der Waals surface area (Å²) in [6.07, 6.45) is 2.74. The van der Waals surface area contributed by atoms with Crippen molar-refractivity contribution in [1.29, 1.82) is 0 Å². The minimum Gasteiger partial charge on any atom is -0.496 e. The van der Waals surface area contributed by atoms with Gasteiger partial charge in [-0.1, -0.05) is 12.1 Å². The molecular weight excluding hydrogens is 470 g/mol. The number of guanidine groups is 1. The second-order valence-corrected chi connectivity index (χ2v) is 6.41. The summed E-state index contributed by atoms with van der Waals surface area (Å²) in [7, 11) is 3.43. The van der Waals surface area contributed by atoms with E-state index in [9.17, 15) is 4.39 Å². The SMILES string of the molecule is CN=C(NCCc1c[nH]c2cc(F)ccc12)NCc1ccc(C)c(OC)c1.I. The summed E-state index contributed by atoms with van der Waals surface area (Å²) in [6.45, 7) is 3.40. The Balaban J connectivity index is 0.00000280. The third kappa shape index (κ3) is 5.37. The molecule has 0 fully saturated rings. The van der Waals surface area contributed by atoms with Crippen molar-refractivity contribution in [2.24, 2.45) is 4.99 Å². The predicted octanol–water partition coefficient (Wildman–Crippen LogP) is 4.15. The Kier molecular flexibility index (Phi) is 8.10. The number of nitrogens with one attached hydrogen (secondary N) is 3. The number of aryl methyl sites for hydroxylation is 1. The van der Waals surface area contributed by atoms with Gasteiger partial charge in [0.25, 0.3) is 0 Å². The van der Waals surface area contributed by atoms with Gasteiger partial charge in [0.2, 0.25) is 0 Å². The molecule has 0 aliphatic heterocycles. The molecular formula is C21H26FIN4O. The Morgan fingerprint density at radius 2 is 2.00 bits per heavy atom. The quantitative estimate of drug-likeness (QED) is 0.273. The molecule has 0 aliphatic rings. The molecule has 0 bridgehead atoms. The fraction of sp³-hybridized carbons (Fsp3) is 0.286. The first-order chi connectivity index (χ1) is 13.1. The zero-order valence-electron chi connectivity index (χ0n) is 16.3. The van der Waals surface area contributed by atoms with E-state index in [2.05, 4.69) is 26.7 Å². The molecule has 3 aromatic rings. The zero-order valence-corrected chi connectivity index (χ0v) is 18.6. The molecule has 0 saturated heterocycles. The van der Waals surface area contributed by atoms with E-state index in [0.29, 0.717) is 6.54 Å². The lowest BCUT2D eigenvalue weighted by Crippen LogP contribution is -2.37. The van der Waals surface area contributed by atoms with Gasteiger partial charge >= 0.3 is 0 Å². The Labute approximate surface area is 181 Å². The first kappa shape index (κ1) is 22.0. The fourth-order valence-corrected chi connectivity index (χ4v) is 3.06. The van der Waals surface area contributed by atoms with E-state index in [-0.39, 0.29) is 29.8 Å². The number of nitrogens with zero attached hydrogens (tertiary/aromatic N) is 1. The van der Waals surface area contributed by atoms with E-state index in [0.717, 1.165) is 52.3 Å². The molecule has 150 valence electrons. The van der Waals surface area contributed by atoms with Crippen molar-refractivity contribution in [1.82, 2.24) is 15.6 Å². The second kappa shape index (κ2) is 10.3. The van der Waals surface area contributed by atoms with Gasteiger partial charge in [-0.05, 0) is 54.3 Å². The van der Waals surface area contributed by atoms with Crippen LogP contribution in [-0.4, -0.2) is 31.6 Å². The number of halogens is 2. The number of hydrogen-bond acceptors (Lipinski definition) is 2. The summed E-state index contributed by atoms with van der Waals surface area (Å²) in [5.41, 5.74) is 4.21. The molecule has 0 aliphatic carbocycles. The number of H-pyrrole nitrogens is 1. The predicted molar refractivity (Wildman–Crippen MR) is 123 cm³/mol. The van der Waals surface area contributed by atoms with E-state index < -0.39 is 0 Å². The molecule has 0 radical (unpaired) electrons. The monoisotopic (exact) mass is 496 g/mol. The lowest BCUT2D eigenvalue weighted by molar-refractivity contribution is 0.411. The average molecular weight is 496 g/mol. The summed E-state index contributed by atoms with van der Waals surface area (Å²) < 4.78 is 18.6. The van der Waals surface area contributed by atoms with Crippen molar-refractivity contribution < 1.29 is 9.13 Å². The molecule has 7 heteroatoms. The van der Waals surface area contributed by atoms with Crippen LogP contribution in [0.5, 0.6) is 5.75 Å². The Hall–Kier alpha value is -2.29. The van der Waals surface area contributed by atoms with E-state index in [1.807, 2.05) is 31.3 Å². The average Bonchev–Trinajstić information content (AvgIpc) is 3.07. The number of fused-ring (bicyclic) bond motifs is 1. The molecule has 0 saturated carbocycles. The highest BCUT2D eigenvalue weighted by molar-refractivity contribution is 14.0. The molecule has 0 unspecified atom stereocenters. The van der Waals surface area contributed by atoms with Crippen LogP contribution in [-0.2, 0) is 13.0 Å². The number of ether oxygens (including phenoxy) is 1. The zero-order chi connectivity index (χ0) is 19.2. The van der Waals surface area contributed by atoms with Crippen LogP contribution in [0.1, 0.15) is 16.7 Å². The van der Waals surface area contributed by atoms with Crippen molar-refractivity contribution in [3.63, 3.8) is 0 Å². The summed E-state index contributed by atoms with van der Waals surface area (Å²) in [5, 5.41) is 7.67. The molecule has 28 heavy (non-hydrogen) atoms. The van der Waals surface area contributed by atoms with Crippen molar-refractivity contribution >= 4 is 40.8 Å². The van der Waals surface area contributed by atoms with Gasteiger partial charge in [-0.3, -0.25) is 4.99 Å². The molecule has 0 spiro atoms. The first-order valence-corrected chi connectivity index (χ1v) is 8.94. The molecule has 2 aromatic carbocycles. The highest BCUT2D eigenvalue weighted by atomic mass is 127. The largest absolute Gasteiger partial charge is 0.496 e. The highest BCUT2D eigenvalue weighted by Gasteiger charge is 2.06. The van der Waals surface area contributed by atoms with Crippen LogP contribution in [0.15, 0.2) is 47.6 Å². The number of aliphatic imine (C=N–C) groups is 1. The molecule has 0 atom stereocenters. The maximum atomic E-state index is 13.3. The Morgan fingerprint density at radius 1 is 1.18 bits per heavy atom. The smallest absolute Gasteiger partial charge is 0.191 e. The van der Waals surface area contributed by atoms with Gasteiger partial charge in [-0.2, -0.15) is 0 Å². The lowest BCUT2D eigenvalue weighted by Gasteiger charge is -2.13. The maximum Gasteiger partial charge on any atom is 0.191 e. The molecule has 5 nitrogen and oxygen atoms in total. The third-order valence-electron chi connectivity index (χ3n) is 4.57. The van der Waals surface area contributed by atoms with Crippen LogP contribution >= 0.6 is 24.0 Å². The van der Waals surface area contributed by atoms with Crippen LogP contribution in [0.2, 0.25) is 0 Å². The van der Waals surface area contributed by atoms with Gasteiger partial charge in [-0.25, -0.2) is 4.39 Å². The first-order valence-electron chi connectivity index (χ1n) is 8.94. The normalized spacial score (nSPS) is 11.2. The number of methoxy groups -OCH3 is 1. The van der Waals surface area contributed by atoms with Crippen molar-refractivity contribution in [3.05, 3.63) is 65.1 Å². The summed E-state index contributed by atoms with van der Waals surface area (Å²) in [5.74, 6) is 1.39. The Bertz CT molecular complexity index is 955. The maximum absolute atomic E-state index is 13.3. The van der Waals surface area contributed by atoms with E-state index >= 15 is 0 Å². The summed E-state index contributed by atoms with van der Waals surface area (Å²) in [6, 6.07) is 11.0. The van der Waals surface area contributed by atoms with Gasteiger partial charge in [0.15, 0.2) is 5.96 Å². The van der Waals surface area contributed by atoms with Gasteiger partial charge in [0.1, 0.15) is 11.6 Å². The number of benzene rings is 2. The van der Waals surface area contributed by atoms with Crippen LogP contribution in [0.4, 0.5) is 4.39 Å². The van der Waals surface area contributed by atoms with Gasteiger partial charge in [0.05, 0.1) is 7.11 Å². The topological polar surface area (TPSA) is 61.4 Å². The minimum absolute atomic E-state index is 0. The highest BCUT2D eigenvalue weighted by Crippen LogP contribution is 2.20. The number of rotatable bonds is 6. The van der Waals surface area contributed by atoms with Crippen molar-refractivity contribution in [2.75, 3.05) is 20.7 Å².